The summed E-state index contributed by atoms with van der Waals surface area (Å²) in [4.78, 5) is 12.0. The van der Waals surface area contributed by atoms with E-state index in [-0.39, 0.29) is 17.1 Å². The molecule has 0 aliphatic rings. The molecule has 0 aliphatic carbocycles. The highest BCUT2D eigenvalue weighted by Gasteiger charge is 2.30. The molecular weight excluding hydrogens is 232 g/mol. The van der Waals surface area contributed by atoms with Crippen LogP contribution >= 0.6 is 0 Å². The number of phenolic OH excluding ortho intramolecular Hbond substituents is 2. The number of carbonyl (C=O) groups excluding carboxylic acids is 1. The van der Waals surface area contributed by atoms with Crippen LogP contribution in [-0.4, -0.2) is 21.7 Å². The number of nitriles is 1. The van der Waals surface area contributed by atoms with Crippen molar-refractivity contribution in [3.63, 3.8) is 0 Å². The first-order valence-corrected chi connectivity index (χ1v) is 5.74. The summed E-state index contributed by atoms with van der Waals surface area (Å²) in [5.41, 5.74) is -1.19. The third kappa shape index (κ3) is 2.54. The van der Waals surface area contributed by atoms with Crippen LogP contribution in [0.5, 0.6) is 11.5 Å². The van der Waals surface area contributed by atoms with Gasteiger partial charge in [-0.1, -0.05) is 19.9 Å². The second-order valence-corrected chi connectivity index (χ2v) is 4.03. The number of hydrogen-bond donors (Lipinski definition) is 3. The molecule has 18 heavy (non-hydrogen) atoms. The minimum Gasteiger partial charge on any atom is -0.507 e. The number of benzene rings is 1. The van der Waals surface area contributed by atoms with Crippen molar-refractivity contribution in [1.29, 1.82) is 5.26 Å². The second kappa shape index (κ2) is 5.41. The lowest BCUT2D eigenvalue weighted by atomic mass is 9.94. The lowest BCUT2D eigenvalue weighted by Crippen LogP contribution is -2.46. The molecule has 0 heterocycles. The van der Waals surface area contributed by atoms with E-state index in [1.807, 2.05) is 0 Å². The Morgan fingerprint density at radius 1 is 1.33 bits per heavy atom. The minimum atomic E-state index is -0.980. The smallest absolute Gasteiger partial charge is 0.260 e. The van der Waals surface area contributed by atoms with E-state index < -0.39 is 11.4 Å². The van der Waals surface area contributed by atoms with E-state index in [1.165, 1.54) is 18.2 Å². The van der Waals surface area contributed by atoms with E-state index in [1.54, 1.807) is 13.8 Å². The van der Waals surface area contributed by atoms with E-state index in [0.717, 1.165) is 0 Å². The van der Waals surface area contributed by atoms with Crippen LogP contribution < -0.4 is 5.32 Å². The molecule has 1 aromatic carbocycles. The number of amides is 1. The van der Waals surface area contributed by atoms with Crippen LogP contribution in [0.2, 0.25) is 0 Å². The van der Waals surface area contributed by atoms with E-state index in [9.17, 15) is 15.0 Å². The average molecular weight is 248 g/mol. The molecule has 1 aromatic rings. The van der Waals surface area contributed by atoms with Crippen molar-refractivity contribution in [3.8, 4) is 17.6 Å². The summed E-state index contributed by atoms with van der Waals surface area (Å²) in [7, 11) is 0. The SMILES string of the molecule is CCC(C#N)(CC)NC(=O)c1c(O)cccc1O. The van der Waals surface area contributed by atoms with Gasteiger partial charge in [0.2, 0.25) is 0 Å². The van der Waals surface area contributed by atoms with Crippen LogP contribution in [0.3, 0.4) is 0 Å². The molecule has 5 nitrogen and oxygen atoms in total. The molecule has 0 fully saturated rings. The molecule has 0 bridgehead atoms. The quantitative estimate of drug-likeness (QED) is 0.758. The zero-order valence-corrected chi connectivity index (χ0v) is 10.4. The van der Waals surface area contributed by atoms with Crippen LogP contribution in [0.15, 0.2) is 18.2 Å². The van der Waals surface area contributed by atoms with Crippen LogP contribution in [-0.2, 0) is 0 Å². The Morgan fingerprint density at radius 2 is 1.83 bits per heavy atom. The molecule has 0 atom stereocenters. The van der Waals surface area contributed by atoms with Gasteiger partial charge in [-0.3, -0.25) is 4.79 Å². The third-order valence-electron chi connectivity index (χ3n) is 3.02. The summed E-state index contributed by atoms with van der Waals surface area (Å²) in [5.74, 6) is -1.28. The maximum absolute atomic E-state index is 12.0. The first-order valence-electron chi connectivity index (χ1n) is 5.74. The highest BCUT2D eigenvalue weighted by molar-refractivity contribution is 6.00. The molecule has 1 amide bonds. The maximum Gasteiger partial charge on any atom is 0.260 e. The van der Waals surface area contributed by atoms with E-state index in [2.05, 4.69) is 11.4 Å². The van der Waals surface area contributed by atoms with Crippen molar-refractivity contribution in [2.75, 3.05) is 0 Å². The summed E-state index contributed by atoms with van der Waals surface area (Å²) in [6, 6.07) is 6.10. The molecule has 1 rings (SSSR count). The average Bonchev–Trinajstić information content (AvgIpc) is 2.36. The Bertz CT molecular complexity index is 467. The van der Waals surface area contributed by atoms with Gasteiger partial charge in [-0.05, 0) is 25.0 Å². The van der Waals surface area contributed by atoms with Crippen molar-refractivity contribution in [2.24, 2.45) is 0 Å². The van der Waals surface area contributed by atoms with Crippen molar-refractivity contribution < 1.29 is 15.0 Å². The summed E-state index contributed by atoms with van der Waals surface area (Å²) >= 11 is 0. The standard InChI is InChI=1S/C13H16N2O3/c1-3-13(4-2,8-14)15-12(18)11-9(16)6-5-7-10(11)17/h5-7,16-17H,3-4H2,1-2H3,(H,15,18). The summed E-state index contributed by atoms with van der Waals surface area (Å²) in [6.45, 7) is 3.58. The van der Waals surface area contributed by atoms with E-state index in [0.29, 0.717) is 12.8 Å². The van der Waals surface area contributed by atoms with Gasteiger partial charge in [0.05, 0.1) is 6.07 Å². The molecule has 0 radical (unpaired) electrons. The first-order chi connectivity index (χ1) is 8.49. The van der Waals surface area contributed by atoms with Crippen LogP contribution in [0.1, 0.15) is 37.0 Å². The fourth-order valence-electron chi connectivity index (χ4n) is 1.65. The Kier molecular flexibility index (Phi) is 4.16. The zero-order valence-electron chi connectivity index (χ0n) is 10.4. The van der Waals surface area contributed by atoms with Gasteiger partial charge < -0.3 is 15.5 Å². The zero-order chi connectivity index (χ0) is 13.8. The van der Waals surface area contributed by atoms with Gasteiger partial charge in [-0.15, -0.1) is 0 Å². The largest absolute Gasteiger partial charge is 0.507 e. The van der Waals surface area contributed by atoms with Gasteiger partial charge in [0.1, 0.15) is 22.6 Å². The molecule has 0 aromatic heterocycles. The molecule has 5 heteroatoms. The van der Waals surface area contributed by atoms with Gasteiger partial charge in [0, 0.05) is 0 Å². The Labute approximate surface area is 106 Å². The van der Waals surface area contributed by atoms with Gasteiger partial charge in [-0.25, -0.2) is 0 Å². The van der Waals surface area contributed by atoms with Crippen molar-refractivity contribution >= 4 is 5.91 Å². The lowest BCUT2D eigenvalue weighted by molar-refractivity contribution is 0.0910. The molecular formula is C13H16N2O3. The number of phenols is 2. The maximum atomic E-state index is 12.0. The van der Waals surface area contributed by atoms with Crippen molar-refractivity contribution in [1.82, 2.24) is 5.32 Å². The Balaban J connectivity index is 3.06. The number of nitrogens with zero attached hydrogens (tertiary/aromatic N) is 1. The number of rotatable bonds is 4. The molecule has 3 N–H and O–H groups in total. The summed E-state index contributed by atoms with van der Waals surface area (Å²) < 4.78 is 0. The lowest BCUT2D eigenvalue weighted by Gasteiger charge is -2.25. The first kappa shape index (κ1) is 13.8. The van der Waals surface area contributed by atoms with Gasteiger partial charge >= 0.3 is 0 Å². The number of nitrogens with one attached hydrogen (secondary N) is 1. The molecule has 0 aliphatic heterocycles. The van der Waals surface area contributed by atoms with E-state index in [4.69, 9.17) is 5.26 Å². The highest BCUT2D eigenvalue weighted by Crippen LogP contribution is 2.27. The topological polar surface area (TPSA) is 93.4 Å². The van der Waals surface area contributed by atoms with Crippen molar-refractivity contribution in [3.05, 3.63) is 23.8 Å². The summed E-state index contributed by atoms with van der Waals surface area (Å²) in [6.07, 6.45) is 0.889. The predicted octanol–water partition coefficient (Wildman–Crippen LogP) is 1.91. The van der Waals surface area contributed by atoms with Gasteiger partial charge in [0.15, 0.2) is 0 Å². The molecule has 96 valence electrons. The minimum absolute atomic E-state index is 0.209. The molecule has 0 unspecified atom stereocenters. The number of carbonyl (C=O) groups is 1. The predicted molar refractivity (Wildman–Crippen MR) is 66.2 cm³/mol. The Morgan fingerprint density at radius 3 is 2.22 bits per heavy atom. The van der Waals surface area contributed by atoms with Gasteiger partial charge in [0.25, 0.3) is 5.91 Å². The fraction of sp³-hybridized carbons (Fsp3) is 0.385. The van der Waals surface area contributed by atoms with E-state index >= 15 is 0 Å². The Hall–Kier alpha value is -2.22. The van der Waals surface area contributed by atoms with Crippen LogP contribution in [0.4, 0.5) is 0 Å². The van der Waals surface area contributed by atoms with Gasteiger partial charge in [-0.2, -0.15) is 5.26 Å². The number of hydrogen-bond acceptors (Lipinski definition) is 4. The fourth-order valence-corrected chi connectivity index (χ4v) is 1.65. The molecule has 0 saturated carbocycles. The summed E-state index contributed by atoms with van der Waals surface area (Å²) in [5, 5.41) is 30.8. The number of aromatic hydroxyl groups is 2. The molecule has 0 spiro atoms. The normalized spacial score (nSPS) is 10.7. The second-order valence-electron chi connectivity index (χ2n) is 4.03. The molecule has 0 saturated heterocycles. The third-order valence-corrected chi connectivity index (χ3v) is 3.02. The van der Waals surface area contributed by atoms with Crippen LogP contribution in [0.25, 0.3) is 0 Å². The van der Waals surface area contributed by atoms with Crippen LogP contribution in [0, 0.1) is 11.3 Å². The highest BCUT2D eigenvalue weighted by atomic mass is 16.3. The van der Waals surface area contributed by atoms with Crippen molar-refractivity contribution in [2.45, 2.75) is 32.2 Å². The monoisotopic (exact) mass is 248 g/mol.